The average Bonchev–Trinajstić information content (AvgIpc) is 2.31. The zero-order valence-electron chi connectivity index (χ0n) is 10.6. The fraction of sp³-hybridized carbons (Fsp3) is 0.538. The fourth-order valence-corrected chi connectivity index (χ4v) is 2.96. The number of nitrogens with zero attached hydrogens (tertiary/aromatic N) is 1. The number of nitrogen functional groups attached to an aromatic ring is 1. The summed E-state index contributed by atoms with van der Waals surface area (Å²) in [6.45, 7) is 0.766. The van der Waals surface area contributed by atoms with E-state index in [0.29, 0.717) is 12.1 Å². The molecule has 18 heavy (non-hydrogen) atoms. The van der Waals surface area contributed by atoms with Crippen LogP contribution < -0.4 is 11.1 Å². The zero-order valence-corrected chi connectivity index (χ0v) is 11.4. The summed E-state index contributed by atoms with van der Waals surface area (Å²) in [6.07, 6.45) is 7.70. The Kier molecular flexibility index (Phi) is 4.11. The molecule has 1 heterocycles. The molecule has 1 amide bonds. The number of hydrogen-bond acceptors (Lipinski definition) is 4. The van der Waals surface area contributed by atoms with Gasteiger partial charge >= 0.3 is 0 Å². The molecule has 0 atom stereocenters. The van der Waals surface area contributed by atoms with Gasteiger partial charge in [-0.3, -0.25) is 9.78 Å². The van der Waals surface area contributed by atoms with Crippen molar-refractivity contribution in [2.45, 2.75) is 30.4 Å². The third-order valence-electron chi connectivity index (χ3n) is 3.49. The minimum atomic E-state index is 0.0348. The van der Waals surface area contributed by atoms with Crippen molar-refractivity contribution in [3.63, 3.8) is 0 Å². The van der Waals surface area contributed by atoms with Crippen LogP contribution in [-0.4, -0.2) is 28.4 Å². The van der Waals surface area contributed by atoms with Crippen molar-refractivity contribution in [3.05, 3.63) is 24.0 Å². The molecule has 1 aromatic rings. The van der Waals surface area contributed by atoms with Crippen LogP contribution in [0.15, 0.2) is 18.3 Å². The third kappa shape index (κ3) is 3.16. The van der Waals surface area contributed by atoms with Crippen molar-refractivity contribution in [2.24, 2.45) is 0 Å². The number of amides is 1. The Morgan fingerprint density at radius 1 is 1.56 bits per heavy atom. The van der Waals surface area contributed by atoms with Crippen molar-refractivity contribution < 1.29 is 4.79 Å². The molecule has 0 aliphatic heterocycles. The molecule has 0 unspecified atom stereocenters. The van der Waals surface area contributed by atoms with E-state index in [1.165, 1.54) is 19.3 Å². The first-order valence-electron chi connectivity index (χ1n) is 6.16. The maximum Gasteiger partial charge on any atom is 0.226 e. The topological polar surface area (TPSA) is 68.0 Å². The highest BCUT2D eigenvalue weighted by molar-refractivity contribution is 8.00. The second-order valence-corrected chi connectivity index (χ2v) is 6.05. The first-order valence-corrected chi connectivity index (χ1v) is 7.38. The van der Waals surface area contributed by atoms with Gasteiger partial charge in [-0.2, -0.15) is 11.8 Å². The second-order valence-electron chi connectivity index (χ2n) is 4.78. The number of anilines is 1. The molecule has 0 saturated heterocycles. The number of thioether (sulfide) groups is 1. The summed E-state index contributed by atoms with van der Waals surface area (Å²) < 4.78 is 0.282. The molecule has 1 aromatic heterocycles. The molecule has 0 aromatic carbocycles. The molecule has 5 heteroatoms. The van der Waals surface area contributed by atoms with Crippen LogP contribution in [0, 0.1) is 0 Å². The Balaban J connectivity index is 1.80. The molecular formula is C13H19N3OS. The highest BCUT2D eigenvalue weighted by atomic mass is 32.2. The number of pyridine rings is 1. The summed E-state index contributed by atoms with van der Waals surface area (Å²) in [6, 6.07) is 3.56. The number of nitrogens with one attached hydrogen (secondary N) is 1. The minimum absolute atomic E-state index is 0.0348. The van der Waals surface area contributed by atoms with Gasteiger partial charge in [0.15, 0.2) is 0 Å². The standard InChI is InChI=1S/C13H19N3OS/c1-18-13(5-2-6-13)9-16-12(17)7-11-4-3-10(14)8-15-11/h3-4,8H,2,5-7,9,14H2,1H3,(H,16,17). The van der Waals surface area contributed by atoms with Crippen LogP contribution in [0.3, 0.4) is 0 Å². The van der Waals surface area contributed by atoms with Crippen LogP contribution in [0.25, 0.3) is 0 Å². The van der Waals surface area contributed by atoms with E-state index in [-0.39, 0.29) is 10.7 Å². The molecule has 98 valence electrons. The van der Waals surface area contributed by atoms with E-state index in [9.17, 15) is 4.79 Å². The number of nitrogens with two attached hydrogens (primary N) is 1. The van der Waals surface area contributed by atoms with Crippen LogP contribution in [-0.2, 0) is 11.2 Å². The Morgan fingerprint density at radius 3 is 2.83 bits per heavy atom. The molecule has 1 fully saturated rings. The monoisotopic (exact) mass is 265 g/mol. The summed E-state index contributed by atoms with van der Waals surface area (Å²) in [7, 11) is 0. The molecule has 1 aliphatic rings. The molecule has 1 aliphatic carbocycles. The maximum absolute atomic E-state index is 11.8. The minimum Gasteiger partial charge on any atom is -0.397 e. The number of carbonyl (C=O) groups excluding carboxylic acids is 1. The average molecular weight is 265 g/mol. The van der Waals surface area contributed by atoms with E-state index >= 15 is 0 Å². The lowest BCUT2D eigenvalue weighted by molar-refractivity contribution is -0.120. The van der Waals surface area contributed by atoms with E-state index in [0.717, 1.165) is 12.2 Å². The maximum atomic E-state index is 11.8. The van der Waals surface area contributed by atoms with Crippen LogP contribution in [0.1, 0.15) is 25.0 Å². The van der Waals surface area contributed by atoms with E-state index in [2.05, 4.69) is 16.6 Å². The van der Waals surface area contributed by atoms with Gasteiger partial charge in [0, 0.05) is 17.0 Å². The van der Waals surface area contributed by atoms with Crippen LogP contribution >= 0.6 is 11.8 Å². The molecule has 4 nitrogen and oxygen atoms in total. The van der Waals surface area contributed by atoms with E-state index in [1.807, 2.05) is 11.8 Å². The van der Waals surface area contributed by atoms with Gasteiger partial charge in [-0.05, 0) is 31.2 Å². The highest BCUT2D eigenvalue weighted by Crippen LogP contribution is 2.42. The van der Waals surface area contributed by atoms with Crippen LogP contribution in [0.2, 0.25) is 0 Å². The first-order chi connectivity index (χ1) is 8.63. The first kappa shape index (κ1) is 13.2. The Morgan fingerprint density at radius 2 is 2.33 bits per heavy atom. The van der Waals surface area contributed by atoms with E-state index in [1.54, 1.807) is 18.3 Å². The van der Waals surface area contributed by atoms with Gasteiger partial charge in [-0.15, -0.1) is 0 Å². The molecular weight excluding hydrogens is 246 g/mol. The van der Waals surface area contributed by atoms with Crippen molar-refractivity contribution in [1.82, 2.24) is 10.3 Å². The van der Waals surface area contributed by atoms with Crippen molar-refractivity contribution in [3.8, 4) is 0 Å². The normalized spacial score (nSPS) is 16.9. The Labute approximate surface area is 112 Å². The lowest BCUT2D eigenvalue weighted by Crippen LogP contribution is -2.45. The largest absolute Gasteiger partial charge is 0.397 e. The quantitative estimate of drug-likeness (QED) is 0.848. The lowest BCUT2D eigenvalue weighted by Gasteiger charge is -2.40. The molecule has 0 spiro atoms. The van der Waals surface area contributed by atoms with Gasteiger partial charge < -0.3 is 11.1 Å². The van der Waals surface area contributed by atoms with E-state index in [4.69, 9.17) is 5.73 Å². The zero-order chi connectivity index (χ0) is 13.0. The predicted octanol–water partition coefficient (Wildman–Crippen LogP) is 1.61. The predicted molar refractivity (Wildman–Crippen MR) is 75.5 cm³/mol. The summed E-state index contributed by atoms with van der Waals surface area (Å²) in [4.78, 5) is 15.9. The Hall–Kier alpha value is -1.23. The smallest absolute Gasteiger partial charge is 0.226 e. The molecule has 0 radical (unpaired) electrons. The van der Waals surface area contributed by atoms with Gasteiger partial charge in [0.1, 0.15) is 0 Å². The van der Waals surface area contributed by atoms with Crippen molar-refractivity contribution in [1.29, 1.82) is 0 Å². The van der Waals surface area contributed by atoms with Gasteiger partial charge in [0.05, 0.1) is 18.3 Å². The van der Waals surface area contributed by atoms with Crippen molar-refractivity contribution in [2.75, 3.05) is 18.5 Å². The summed E-state index contributed by atoms with van der Waals surface area (Å²) in [5.74, 6) is 0.0348. The SMILES string of the molecule is CSC1(CNC(=O)Cc2ccc(N)cn2)CCC1. The number of hydrogen-bond donors (Lipinski definition) is 2. The van der Waals surface area contributed by atoms with E-state index < -0.39 is 0 Å². The third-order valence-corrected chi connectivity index (χ3v) is 4.91. The van der Waals surface area contributed by atoms with Gasteiger partial charge in [-0.25, -0.2) is 0 Å². The Bertz CT molecular complexity index is 409. The summed E-state index contributed by atoms with van der Waals surface area (Å²) in [5.41, 5.74) is 6.93. The van der Waals surface area contributed by atoms with Crippen LogP contribution in [0.5, 0.6) is 0 Å². The highest BCUT2D eigenvalue weighted by Gasteiger charge is 2.36. The van der Waals surface area contributed by atoms with Crippen LogP contribution in [0.4, 0.5) is 5.69 Å². The summed E-state index contributed by atoms with van der Waals surface area (Å²) in [5, 5.41) is 3.01. The molecule has 2 rings (SSSR count). The number of rotatable bonds is 5. The lowest BCUT2D eigenvalue weighted by atomic mass is 9.84. The van der Waals surface area contributed by atoms with Gasteiger partial charge in [0.25, 0.3) is 0 Å². The fourth-order valence-electron chi connectivity index (χ4n) is 2.05. The number of carbonyl (C=O) groups is 1. The summed E-state index contributed by atoms with van der Waals surface area (Å²) >= 11 is 1.86. The van der Waals surface area contributed by atoms with Gasteiger partial charge in [0.2, 0.25) is 5.91 Å². The van der Waals surface area contributed by atoms with Gasteiger partial charge in [-0.1, -0.05) is 6.42 Å². The molecule has 1 saturated carbocycles. The number of aromatic nitrogens is 1. The second kappa shape index (κ2) is 5.61. The molecule has 0 bridgehead atoms. The van der Waals surface area contributed by atoms with Crippen molar-refractivity contribution >= 4 is 23.4 Å². The molecule has 3 N–H and O–H groups in total.